The van der Waals surface area contributed by atoms with Crippen molar-refractivity contribution in [3.8, 4) is 0 Å². The molecule has 2 unspecified atom stereocenters. The van der Waals surface area contributed by atoms with Crippen LogP contribution >= 0.6 is 0 Å². The maximum atomic E-state index is 10.1. The average molecular weight is 196 g/mol. The molecule has 12 heavy (non-hydrogen) atoms. The Kier molecular flexibility index (Phi) is 5.91. The number of hydrogen-bond donors (Lipinski definition) is 2. The number of thiol groups is 1. The first kappa shape index (κ1) is 11.6. The second-order valence-corrected chi connectivity index (χ2v) is 2.72. The molecule has 0 aromatic heterocycles. The third-order valence-electron chi connectivity index (χ3n) is 0.962. The van der Waals surface area contributed by atoms with Crippen LogP contribution in [-0.4, -0.2) is 32.5 Å². The highest BCUT2D eigenvalue weighted by atomic mass is 32.2. The molecule has 0 bridgehead atoms. The van der Waals surface area contributed by atoms with E-state index < -0.39 is 23.4 Å². The van der Waals surface area contributed by atoms with E-state index in [9.17, 15) is 8.42 Å². The first-order valence-electron chi connectivity index (χ1n) is 3.29. The highest BCUT2D eigenvalue weighted by molar-refractivity contribution is 7.67. The molecule has 0 aliphatic heterocycles. The maximum Gasteiger partial charge on any atom is 0.259 e. The Morgan fingerprint density at radius 3 is 2.58 bits per heavy atom. The molecule has 0 amide bonds. The van der Waals surface area contributed by atoms with Gasteiger partial charge in [-0.25, -0.2) is 12.6 Å². The molecule has 0 aromatic carbocycles. The predicted molar refractivity (Wildman–Crippen MR) is 43.0 cm³/mol. The third kappa shape index (κ3) is 5.25. The van der Waals surface area contributed by atoms with Crippen molar-refractivity contribution in [2.45, 2.75) is 19.3 Å². The summed E-state index contributed by atoms with van der Waals surface area (Å²) >= 11 is 0. The molecule has 0 rings (SSSR count). The Hall–Kier alpha value is -0.430. The van der Waals surface area contributed by atoms with Crippen LogP contribution in [0.5, 0.6) is 0 Å². The lowest BCUT2D eigenvalue weighted by atomic mass is 10.4. The smallest absolute Gasteiger partial charge is 0.259 e. The van der Waals surface area contributed by atoms with E-state index in [1.54, 1.807) is 0 Å². The fourth-order valence-electron chi connectivity index (χ4n) is 0.505. The summed E-state index contributed by atoms with van der Waals surface area (Å²) in [4.78, 5) is 0. The van der Waals surface area contributed by atoms with Gasteiger partial charge in [-0.3, -0.25) is 0 Å². The van der Waals surface area contributed by atoms with Gasteiger partial charge in [0.15, 0.2) is 0 Å². The SMILES string of the molecule is C=CCOC(O[SH](=O)=O)C(C)O. The van der Waals surface area contributed by atoms with Crippen molar-refractivity contribution >= 4 is 11.0 Å². The Morgan fingerprint density at radius 1 is 1.67 bits per heavy atom. The molecule has 72 valence electrons. The summed E-state index contributed by atoms with van der Waals surface area (Å²) in [5.41, 5.74) is 0. The summed E-state index contributed by atoms with van der Waals surface area (Å²) < 4.78 is 29.2. The largest absolute Gasteiger partial charge is 0.388 e. The quantitative estimate of drug-likeness (QED) is 0.338. The van der Waals surface area contributed by atoms with Gasteiger partial charge in [0.25, 0.3) is 11.0 Å². The van der Waals surface area contributed by atoms with Crippen molar-refractivity contribution in [2.24, 2.45) is 0 Å². The lowest BCUT2D eigenvalue weighted by Gasteiger charge is -2.16. The minimum atomic E-state index is -3.01. The van der Waals surface area contributed by atoms with Gasteiger partial charge < -0.3 is 9.84 Å². The predicted octanol–water partition coefficient (Wildman–Crippen LogP) is -0.561. The molecule has 0 spiro atoms. The second kappa shape index (κ2) is 6.13. The molecule has 6 heteroatoms. The van der Waals surface area contributed by atoms with Gasteiger partial charge in [0.1, 0.15) is 6.10 Å². The molecular weight excluding hydrogens is 184 g/mol. The molecule has 2 atom stereocenters. The van der Waals surface area contributed by atoms with Gasteiger partial charge in [0, 0.05) is 0 Å². The Balaban J connectivity index is 3.94. The Morgan fingerprint density at radius 2 is 2.25 bits per heavy atom. The lowest BCUT2D eigenvalue weighted by molar-refractivity contribution is -0.126. The van der Waals surface area contributed by atoms with E-state index in [0.29, 0.717) is 0 Å². The maximum absolute atomic E-state index is 10.1. The van der Waals surface area contributed by atoms with E-state index in [1.165, 1.54) is 13.0 Å². The van der Waals surface area contributed by atoms with E-state index in [-0.39, 0.29) is 6.61 Å². The van der Waals surface area contributed by atoms with Crippen LogP contribution < -0.4 is 0 Å². The minimum Gasteiger partial charge on any atom is -0.388 e. The van der Waals surface area contributed by atoms with Crippen molar-refractivity contribution in [1.82, 2.24) is 0 Å². The zero-order valence-corrected chi connectivity index (χ0v) is 7.57. The van der Waals surface area contributed by atoms with Gasteiger partial charge in [-0.15, -0.1) is 6.58 Å². The average Bonchev–Trinajstić information content (AvgIpc) is 1.96. The summed E-state index contributed by atoms with van der Waals surface area (Å²) in [5, 5.41) is 8.94. The van der Waals surface area contributed by atoms with Crippen molar-refractivity contribution in [2.75, 3.05) is 6.61 Å². The molecule has 5 nitrogen and oxygen atoms in total. The van der Waals surface area contributed by atoms with Crippen LogP contribution in [0.2, 0.25) is 0 Å². The van der Waals surface area contributed by atoms with E-state index in [4.69, 9.17) is 9.84 Å². The van der Waals surface area contributed by atoms with Crippen LogP contribution in [0.3, 0.4) is 0 Å². The topological polar surface area (TPSA) is 72.8 Å². The van der Waals surface area contributed by atoms with Crippen molar-refractivity contribution in [3.05, 3.63) is 12.7 Å². The van der Waals surface area contributed by atoms with Crippen molar-refractivity contribution in [1.29, 1.82) is 0 Å². The number of aliphatic hydroxyl groups is 1. The first-order chi connectivity index (χ1) is 5.57. The van der Waals surface area contributed by atoms with Crippen LogP contribution in [0.25, 0.3) is 0 Å². The Bertz CT molecular complexity index is 190. The summed E-state index contributed by atoms with van der Waals surface area (Å²) in [6, 6.07) is 0. The molecule has 0 saturated heterocycles. The third-order valence-corrected chi connectivity index (χ3v) is 1.34. The van der Waals surface area contributed by atoms with Gasteiger partial charge in [-0.2, -0.15) is 0 Å². The van der Waals surface area contributed by atoms with Gasteiger partial charge in [-0.1, -0.05) is 6.08 Å². The fraction of sp³-hybridized carbons (Fsp3) is 0.667. The van der Waals surface area contributed by atoms with Gasteiger partial charge in [-0.05, 0) is 6.92 Å². The standard InChI is InChI=1S/C6H12O5S/c1-3-4-10-6(5(2)7)11-12(8)9/h3,5-7,12H,1,4H2,2H3. The van der Waals surface area contributed by atoms with Crippen LogP contribution in [-0.2, 0) is 19.9 Å². The molecule has 0 heterocycles. The molecule has 0 saturated carbocycles. The summed E-state index contributed by atoms with van der Waals surface area (Å²) in [7, 11) is -3.01. The molecule has 0 aromatic rings. The summed E-state index contributed by atoms with van der Waals surface area (Å²) in [6.45, 7) is 4.85. The molecule has 1 N–H and O–H groups in total. The molecule has 0 radical (unpaired) electrons. The van der Waals surface area contributed by atoms with E-state index in [1.807, 2.05) is 0 Å². The molecule has 0 aliphatic carbocycles. The van der Waals surface area contributed by atoms with Gasteiger partial charge >= 0.3 is 0 Å². The molecule has 0 aliphatic rings. The highest BCUT2D eigenvalue weighted by Crippen LogP contribution is 2.01. The number of hydrogen-bond acceptors (Lipinski definition) is 5. The van der Waals surface area contributed by atoms with Crippen molar-refractivity contribution < 1.29 is 22.4 Å². The molecule has 0 fully saturated rings. The van der Waals surface area contributed by atoms with E-state index in [2.05, 4.69) is 10.8 Å². The number of rotatable bonds is 6. The zero-order chi connectivity index (χ0) is 9.56. The summed E-state index contributed by atoms with van der Waals surface area (Å²) in [5.74, 6) is 0. The molecular formula is C6H12O5S. The Labute approximate surface area is 72.8 Å². The highest BCUT2D eigenvalue weighted by Gasteiger charge is 2.16. The van der Waals surface area contributed by atoms with Crippen molar-refractivity contribution in [3.63, 3.8) is 0 Å². The van der Waals surface area contributed by atoms with Crippen LogP contribution in [0, 0.1) is 0 Å². The number of ether oxygens (including phenoxy) is 1. The summed E-state index contributed by atoms with van der Waals surface area (Å²) in [6.07, 6.45) is -0.724. The minimum absolute atomic E-state index is 0.124. The van der Waals surface area contributed by atoms with E-state index >= 15 is 0 Å². The zero-order valence-electron chi connectivity index (χ0n) is 6.67. The monoisotopic (exact) mass is 196 g/mol. The van der Waals surface area contributed by atoms with Crippen LogP contribution in [0.15, 0.2) is 12.7 Å². The first-order valence-corrected chi connectivity index (χ1v) is 4.39. The number of aliphatic hydroxyl groups excluding tert-OH is 1. The van der Waals surface area contributed by atoms with Crippen LogP contribution in [0.4, 0.5) is 0 Å². The lowest BCUT2D eigenvalue weighted by Crippen LogP contribution is -2.29. The van der Waals surface area contributed by atoms with E-state index in [0.717, 1.165) is 0 Å². The fourth-order valence-corrected chi connectivity index (χ4v) is 0.912. The second-order valence-electron chi connectivity index (χ2n) is 2.06. The van der Waals surface area contributed by atoms with Crippen LogP contribution in [0.1, 0.15) is 6.92 Å². The normalized spacial score (nSPS) is 15.9. The van der Waals surface area contributed by atoms with Gasteiger partial charge in [0.05, 0.1) is 6.61 Å². The van der Waals surface area contributed by atoms with Gasteiger partial charge in [0.2, 0.25) is 6.29 Å².